The Morgan fingerprint density at radius 3 is 1.23 bits per heavy atom. The topological polar surface area (TPSA) is 58.2 Å². The standard InChI is InChI=1S/C43H34N2O2/c1-27(29-13-5-3-6-14-29)44-41(46)31-21-23-35-33-17-9-11-19-37(33)43(39(35)25-31)38-20-12-10-18-34(38)36-24-22-32(26-40(36)43)42(47)45-28(2)30-15-7-4-8-16-30/h3-28H,1-2H3,(H,44,46)(H,45,47). The van der Waals surface area contributed by atoms with Crippen LogP contribution in [-0.4, -0.2) is 11.8 Å². The Bertz CT molecular complexity index is 2010. The van der Waals surface area contributed by atoms with Crippen LogP contribution in [0.15, 0.2) is 146 Å². The van der Waals surface area contributed by atoms with E-state index in [0.717, 1.165) is 55.6 Å². The van der Waals surface area contributed by atoms with Crippen molar-refractivity contribution >= 4 is 11.8 Å². The van der Waals surface area contributed by atoms with E-state index < -0.39 is 5.41 Å². The summed E-state index contributed by atoms with van der Waals surface area (Å²) >= 11 is 0. The number of benzene rings is 6. The van der Waals surface area contributed by atoms with Gasteiger partial charge in [0.05, 0.1) is 17.5 Å². The summed E-state index contributed by atoms with van der Waals surface area (Å²) in [6, 6.07) is 48.9. The summed E-state index contributed by atoms with van der Waals surface area (Å²) in [5.74, 6) is -0.241. The fraction of sp³-hybridized carbons (Fsp3) is 0.116. The Morgan fingerprint density at radius 1 is 0.447 bits per heavy atom. The molecule has 8 rings (SSSR count). The van der Waals surface area contributed by atoms with Crippen molar-refractivity contribution in [3.05, 3.63) is 190 Å². The highest BCUT2D eigenvalue weighted by Crippen LogP contribution is 2.62. The van der Waals surface area contributed by atoms with E-state index in [1.54, 1.807) is 0 Å². The minimum Gasteiger partial charge on any atom is -0.346 e. The smallest absolute Gasteiger partial charge is 0.251 e. The minimum absolute atomic E-state index is 0.121. The highest BCUT2D eigenvalue weighted by Gasteiger charge is 2.52. The van der Waals surface area contributed by atoms with Gasteiger partial charge in [0, 0.05) is 11.1 Å². The van der Waals surface area contributed by atoms with Crippen molar-refractivity contribution in [2.24, 2.45) is 0 Å². The number of rotatable bonds is 6. The molecule has 0 bridgehead atoms. The number of carbonyl (C=O) groups is 2. The zero-order valence-corrected chi connectivity index (χ0v) is 26.3. The SMILES string of the molecule is CC(NC(=O)c1ccc2c(c1)C1(c3ccccc3-2)c2ccccc2-c2ccc(C(=O)NC(C)c3ccccc3)cc21)c1ccccc1. The average Bonchev–Trinajstić information content (AvgIpc) is 3.59. The summed E-state index contributed by atoms with van der Waals surface area (Å²) in [7, 11) is 0. The van der Waals surface area contributed by atoms with E-state index in [0.29, 0.717) is 11.1 Å². The maximum atomic E-state index is 13.8. The lowest BCUT2D eigenvalue weighted by Gasteiger charge is -2.31. The molecule has 2 amide bonds. The third kappa shape index (κ3) is 4.51. The monoisotopic (exact) mass is 610 g/mol. The molecule has 1 spiro atoms. The number of nitrogens with one attached hydrogen (secondary N) is 2. The third-order valence-corrected chi connectivity index (χ3v) is 9.91. The zero-order valence-electron chi connectivity index (χ0n) is 26.3. The van der Waals surface area contributed by atoms with Crippen LogP contribution in [0.2, 0.25) is 0 Å². The van der Waals surface area contributed by atoms with Gasteiger partial charge in [0.15, 0.2) is 0 Å². The van der Waals surface area contributed by atoms with Crippen molar-refractivity contribution in [2.45, 2.75) is 31.3 Å². The number of carbonyl (C=O) groups excluding carboxylic acids is 2. The van der Waals surface area contributed by atoms with Crippen molar-refractivity contribution in [1.82, 2.24) is 10.6 Å². The molecule has 47 heavy (non-hydrogen) atoms. The molecule has 2 N–H and O–H groups in total. The van der Waals surface area contributed by atoms with Crippen LogP contribution < -0.4 is 10.6 Å². The number of fused-ring (bicyclic) bond motifs is 10. The van der Waals surface area contributed by atoms with Gasteiger partial charge in [-0.3, -0.25) is 9.59 Å². The first-order chi connectivity index (χ1) is 23.0. The molecule has 6 aromatic carbocycles. The molecule has 2 unspecified atom stereocenters. The normalized spacial score (nSPS) is 16.4. The largest absolute Gasteiger partial charge is 0.346 e. The van der Waals surface area contributed by atoms with E-state index in [1.165, 1.54) is 0 Å². The summed E-state index contributed by atoms with van der Waals surface area (Å²) < 4.78 is 0. The molecular weight excluding hydrogens is 576 g/mol. The molecule has 4 nitrogen and oxygen atoms in total. The molecule has 4 heteroatoms. The lowest BCUT2D eigenvalue weighted by molar-refractivity contribution is 0.0931. The second-order valence-electron chi connectivity index (χ2n) is 12.6. The first kappa shape index (κ1) is 28.7. The second kappa shape index (κ2) is 11.3. The van der Waals surface area contributed by atoms with Gasteiger partial charge in [0.2, 0.25) is 0 Å². The van der Waals surface area contributed by atoms with Gasteiger partial charge in [-0.1, -0.05) is 121 Å². The number of amides is 2. The van der Waals surface area contributed by atoms with Crippen LogP contribution in [0, 0.1) is 0 Å². The van der Waals surface area contributed by atoms with Crippen LogP contribution in [0.1, 0.15) is 80.0 Å². The molecule has 0 heterocycles. The fourth-order valence-corrected chi connectivity index (χ4v) is 7.63. The lowest BCUT2D eigenvalue weighted by Crippen LogP contribution is -2.29. The summed E-state index contributed by atoms with van der Waals surface area (Å²) in [6.07, 6.45) is 0. The Balaban J connectivity index is 1.26. The number of hydrogen-bond acceptors (Lipinski definition) is 2. The molecular formula is C43H34N2O2. The van der Waals surface area contributed by atoms with Crippen molar-refractivity contribution in [3.8, 4) is 22.3 Å². The van der Waals surface area contributed by atoms with Crippen molar-refractivity contribution in [2.75, 3.05) is 0 Å². The van der Waals surface area contributed by atoms with Crippen LogP contribution in [-0.2, 0) is 5.41 Å². The lowest BCUT2D eigenvalue weighted by atomic mass is 9.70. The van der Waals surface area contributed by atoms with Crippen LogP contribution in [0.25, 0.3) is 22.3 Å². The van der Waals surface area contributed by atoms with Gasteiger partial charge in [0.25, 0.3) is 11.8 Å². The zero-order chi connectivity index (χ0) is 32.1. The molecule has 2 aliphatic rings. The van der Waals surface area contributed by atoms with Crippen LogP contribution >= 0.6 is 0 Å². The van der Waals surface area contributed by atoms with Gasteiger partial charge in [0.1, 0.15) is 0 Å². The van der Waals surface area contributed by atoms with E-state index in [4.69, 9.17) is 0 Å². The molecule has 228 valence electrons. The first-order valence-corrected chi connectivity index (χ1v) is 16.2. The second-order valence-corrected chi connectivity index (χ2v) is 12.6. The average molecular weight is 611 g/mol. The van der Waals surface area contributed by atoms with Gasteiger partial charge >= 0.3 is 0 Å². The van der Waals surface area contributed by atoms with Crippen LogP contribution in [0.4, 0.5) is 0 Å². The Morgan fingerprint density at radius 2 is 0.809 bits per heavy atom. The van der Waals surface area contributed by atoms with Crippen molar-refractivity contribution < 1.29 is 9.59 Å². The Hall–Kier alpha value is -5.74. The predicted molar refractivity (Wildman–Crippen MR) is 187 cm³/mol. The summed E-state index contributed by atoms with van der Waals surface area (Å²) in [5, 5.41) is 6.41. The van der Waals surface area contributed by atoms with E-state index >= 15 is 0 Å². The van der Waals surface area contributed by atoms with Gasteiger partial charge in [-0.25, -0.2) is 0 Å². The van der Waals surface area contributed by atoms with Gasteiger partial charge in [-0.15, -0.1) is 0 Å². The highest BCUT2D eigenvalue weighted by atomic mass is 16.2. The number of hydrogen-bond donors (Lipinski definition) is 2. The molecule has 6 aromatic rings. The molecule has 0 saturated carbocycles. The van der Waals surface area contributed by atoms with E-state index in [-0.39, 0.29) is 23.9 Å². The quantitative estimate of drug-likeness (QED) is 0.197. The molecule has 2 aliphatic carbocycles. The van der Waals surface area contributed by atoms with Gasteiger partial charge in [-0.2, -0.15) is 0 Å². The molecule has 0 aliphatic heterocycles. The van der Waals surface area contributed by atoms with Crippen molar-refractivity contribution in [1.29, 1.82) is 0 Å². The summed E-state index contributed by atoms with van der Waals surface area (Å²) in [5.41, 5.74) is 11.6. The van der Waals surface area contributed by atoms with E-state index in [2.05, 4.69) is 83.4 Å². The fourth-order valence-electron chi connectivity index (χ4n) is 7.63. The minimum atomic E-state index is -0.680. The van der Waals surface area contributed by atoms with E-state index in [1.807, 2.05) is 86.6 Å². The Kier molecular flexibility index (Phi) is 6.87. The predicted octanol–water partition coefficient (Wildman–Crippen LogP) is 9.01. The third-order valence-electron chi connectivity index (χ3n) is 9.91. The molecule has 0 aromatic heterocycles. The maximum Gasteiger partial charge on any atom is 0.251 e. The molecule has 0 saturated heterocycles. The van der Waals surface area contributed by atoms with Crippen LogP contribution in [0.3, 0.4) is 0 Å². The van der Waals surface area contributed by atoms with E-state index in [9.17, 15) is 9.59 Å². The first-order valence-electron chi connectivity index (χ1n) is 16.2. The van der Waals surface area contributed by atoms with Gasteiger partial charge < -0.3 is 10.6 Å². The van der Waals surface area contributed by atoms with Crippen molar-refractivity contribution in [3.63, 3.8) is 0 Å². The highest BCUT2D eigenvalue weighted by molar-refractivity contribution is 6.01. The van der Waals surface area contributed by atoms with Gasteiger partial charge in [-0.05, 0) is 93.7 Å². The summed E-state index contributed by atoms with van der Waals surface area (Å²) in [4.78, 5) is 27.6. The molecule has 0 radical (unpaired) electrons. The maximum absolute atomic E-state index is 13.8. The molecule has 0 fully saturated rings. The van der Waals surface area contributed by atoms with Crippen LogP contribution in [0.5, 0.6) is 0 Å². The Labute approximate surface area is 275 Å². The molecule has 2 atom stereocenters. The summed E-state index contributed by atoms with van der Waals surface area (Å²) in [6.45, 7) is 4.01.